The molecule has 0 saturated carbocycles. The van der Waals surface area contributed by atoms with Gasteiger partial charge in [-0.25, -0.2) is 0 Å². The third-order valence-electron chi connectivity index (χ3n) is 3.60. The number of pyridine rings is 1. The standard InChI is InChI=1S/C14H22N2O/c1-11(2)14-4-3-13(9-15-14)16-7-5-12(10-17)6-8-16/h3-4,9,11-12,17H,5-8,10H2,1-2H3. The Labute approximate surface area is 103 Å². The molecular weight excluding hydrogens is 212 g/mol. The maximum absolute atomic E-state index is 9.11. The summed E-state index contributed by atoms with van der Waals surface area (Å²) in [6.07, 6.45) is 4.15. The Morgan fingerprint density at radius 1 is 1.35 bits per heavy atom. The van der Waals surface area contributed by atoms with Crippen LogP contribution in [0.3, 0.4) is 0 Å². The molecule has 0 spiro atoms. The Kier molecular flexibility index (Phi) is 4.00. The van der Waals surface area contributed by atoms with Crippen molar-refractivity contribution in [3.63, 3.8) is 0 Å². The summed E-state index contributed by atoms with van der Waals surface area (Å²) in [5, 5.41) is 9.11. The zero-order valence-corrected chi connectivity index (χ0v) is 10.8. The fourth-order valence-corrected chi connectivity index (χ4v) is 2.30. The van der Waals surface area contributed by atoms with E-state index in [9.17, 15) is 0 Å². The molecule has 1 aliphatic heterocycles. The van der Waals surface area contributed by atoms with Crippen molar-refractivity contribution >= 4 is 5.69 Å². The first-order chi connectivity index (χ1) is 8.20. The number of piperidine rings is 1. The van der Waals surface area contributed by atoms with Crippen molar-refractivity contribution in [2.75, 3.05) is 24.6 Å². The van der Waals surface area contributed by atoms with E-state index < -0.39 is 0 Å². The summed E-state index contributed by atoms with van der Waals surface area (Å²) in [5.41, 5.74) is 2.37. The van der Waals surface area contributed by atoms with Crippen LogP contribution in [0.15, 0.2) is 18.3 Å². The number of aliphatic hydroxyl groups is 1. The van der Waals surface area contributed by atoms with Gasteiger partial charge in [-0.15, -0.1) is 0 Å². The van der Waals surface area contributed by atoms with E-state index in [0.29, 0.717) is 18.4 Å². The summed E-state index contributed by atoms with van der Waals surface area (Å²) in [6, 6.07) is 4.29. The van der Waals surface area contributed by atoms with Crippen molar-refractivity contribution < 1.29 is 5.11 Å². The van der Waals surface area contributed by atoms with Gasteiger partial charge in [-0.1, -0.05) is 13.8 Å². The SMILES string of the molecule is CC(C)c1ccc(N2CCC(CO)CC2)cn1. The van der Waals surface area contributed by atoms with Gasteiger partial charge < -0.3 is 10.0 Å². The van der Waals surface area contributed by atoms with Crippen molar-refractivity contribution in [2.45, 2.75) is 32.6 Å². The minimum absolute atomic E-state index is 0.332. The van der Waals surface area contributed by atoms with Gasteiger partial charge in [0.15, 0.2) is 0 Å². The molecule has 1 fully saturated rings. The molecule has 17 heavy (non-hydrogen) atoms. The molecule has 1 aromatic heterocycles. The van der Waals surface area contributed by atoms with Gasteiger partial charge in [-0.05, 0) is 36.8 Å². The molecule has 0 aliphatic carbocycles. The molecule has 3 heteroatoms. The Morgan fingerprint density at radius 2 is 2.06 bits per heavy atom. The molecule has 0 aromatic carbocycles. The molecular formula is C14H22N2O. The van der Waals surface area contributed by atoms with Crippen LogP contribution >= 0.6 is 0 Å². The Hall–Kier alpha value is -1.09. The van der Waals surface area contributed by atoms with Crippen molar-refractivity contribution in [1.29, 1.82) is 0 Å². The van der Waals surface area contributed by atoms with Crippen LogP contribution in [0.2, 0.25) is 0 Å². The molecule has 3 nitrogen and oxygen atoms in total. The highest BCUT2D eigenvalue weighted by molar-refractivity contribution is 5.45. The molecule has 2 rings (SSSR count). The number of hydrogen-bond donors (Lipinski definition) is 1. The van der Waals surface area contributed by atoms with Crippen molar-refractivity contribution in [2.24, 2.45) is 5.92 Å². The lowest BCUT2D eigenvalue weighted by molar-refractivity contribution is 0.203. The Balaban J connectivity index is 1.99. The number of aromatic nitrogens is 1. The summed E-state index contributed by atoms with van der Waals surface area (Å²) in [5.74, 6) is 0.985. The molecule has 1 aromatic rings. The Bertz CT molecular complexity index is 340. The summed E-state index contributed by atoms with van der Waals surface area (Å²) < 4.78 is 0. The average molecular weight is 234 g/mol. The first-order valence-electron chi connectivity index (χ1n) is 6.52. The molecule has 1 aliphatic rings. The van der Waals surface area contributed by atoms with E-state index in [2.05, 4.69) is 35.9 Å². The van der Waals surface area contributed by atoms with Crippen LogP contribution in [-0.4, -0.2) is 29.8 Å². The maximum atomic E-state index is 9.11. The van der Waals surface area contributed by atoms with Crippen LogP contribution in [-0.2, 0) is 0 Å². The highest BCUT2D eigenvalue weighted by Gasteiger charge is 2.18. The van der Waals surface area contributed by atoms with E-state index in [0.717, 1.165) is 31.6 Å². The second-order valence-corrected chi connectivity index (χ2v) is 5.21. The van der Waals surface area contributed by atoms with E-state index in [1.807, 2.05) is 6.20 Å². The molecule has 0 radical (unpaired) electrons. The van der Waals surface area contributed by atoms with Gasteiger partial charge in [0.1, 0.15) is 0 Å². The van der Waals surface area contributed by atoms with Gasteiger partial charge in [0.05, 0.1) is 11.9 Å². The zero-order valence-electron chi connectivity index (χ0n) is 10.8. The second-order valence-electron chi connectivity index (χ2n) is 5.21. The zero-order chi connectivity index (χ0) is 12.3. The highest BCUT2D eigenvalue weighted by Crippen LogP contribution is 2.23. The van der Waals surface area contributed by atoms with Gasteiger partial charge in [-0.2, -0.15) is 0 Å². The largest absolute Gasteiger partial charge is 0.396 e. The average Bonchev–Trinajstić information content (AvgIpc) is 2.39. The van der Waals surface area contributed by atoms with Crippen molar-refractivity contribution in [1.82, 2.24) is 4.98 Å². The molecule has 0 bridgehead atoms. The third kappa shape index (κ3) is 2.97. The predicted molar refractivity (Wildman–Crippen MR) is 70.3 cm³/mol. The lowest BCUT2D eigenvalue weighted by Gasteiger charge is -2.32. The number of aliphatic hydroxyl groups excluding tert-OH is 1. The fraction of sp³-hybridized carbons (Fsp3) is 0.643. The summed E-state index contributed by atoms with van der Waals surface area (Å²) in [6.45, 7) is 6.73. The van der Waals surface area contributed by atoms with E-state index >= 15 is 0 Å². The topological polar surface area (TPSA) is 36.4 Å². The number of anilines is 1. The molecule has 0 unspecified atom stereocenters. The molecule has 0 atom stereocenters. The van der Waals surface area contributed by atoms with Gasteiger partial charge in [0, 0.05) is 25.4 Å². The van der Waals surface area contributed by atoms with Crippen LogP contribution in [0, 0.1) is 5.92 Å². The molecule has 0 amide bonds. The second kappa shape index (κ2) is 5.50. The van der Waals surface area contributed by atoms with E-state index in [1.165, 1.54) is 5.69 Å². The monoisotopic (exact) mass is 234 g/mol. The van der Waals surface area contributed by atoms with Gasteiger partial charge >= 0.3 is 0 Å². The van der Waals surface area contributed by atoms with E-state index in [-0.39, 0.29) is 0 Å². The van der Waals surface area contributed by atoms with Gasteiger partial charge in [0.2, 0.25) is 0 Å². The van der Waals surface area contributed by atoms with Gasteiger partial charge in [0.25, 0.3) is 0 Å². The minimum atomic E-state index is 0.332. The molecule has 2 heterocycles. The minimum Gasteiger partial charge on any atom is -0.396 e. The maximum Gasteiger partial charge on any atom is 0.0552 e. The first kappa shape index (κ1) is 12.4. The van der Waals surface area contributed by atoms with Gasteiger partial charge in [-0.3, -0.25) is 4.98 Å². The predicted octanol–water partition coefficient (Wildman–Crippen LogP) is 2.41. The summed E-state index contributed by atoms with van der Waals surface area (Å²) in [7, 11) is 0. The fourth-order valence-electron chi connectivity index (χ4n) is 2.30. The van der Waals surface area contributed by atoms with Crippen molar-refractivity contribution in [3.05, 3.63) is 24.0 Å². The number of rotatable bonds is 3. The lowest BCUT2D eigenvalue weighted by Crippen LogP contribution is -2.34. The quantitative estimate of drug-likeness (QED) is 0.872. The van der Waals surface area contributed by atoms with Crippen LogP contribution in [0.25, 0.3) is 0 Å². The highest BCUT2D eigenvalue weighted by atomic mass is 16.3. The normalized spacial score (nSPS) is 17.8. The summed E-state index contributed by atoms with van der Waals surface area (Å²) >= 11 is 0. The van der Waals surface area contributed by atoms with Crippen LogP contribution in [0.5, 0.6) is 0 Å². The molecule has 1 N–H and O–H groups in total. The van der Waals surface area contributed by atoms with Crippen LogP contribution < -0.4 is 4.90 Å². The molecule has 94 valence electrons. The third-order valence-corrected chi connectivity index (χ3v) is 3.60. The van der Waals surface area contributed by atoms with Crippen LogP contribution in [0.4, 0.5) is 5.69 Å². The number of hydrogen-bond acceptors (Lipinski definition) is 3. The van der Waals surface area contributed by atoms with E-state index in [1.54, 1.807) is 0 Å². The van der Waals surface area contributed by atoms with E-state index in [4.69, 9.17) is 5.11 Å². The smallest absolute Gasteiger partial charge is 0.0552 e. The first-order valence-corrected chi connectivity index (χ1v) is 6.52. The lowest BCUT2D eigenvalue weighted by atomic mass is 9.97. The molecule has 1 saturated heterocycles. The van der Waals surface area contributed by atoms with Crippen LogP contribution in [0.1, 0.15) is 38.3 Å². The number of nitrogens with zero attached hydrogens (tertiary/aromatic N) is 2. The van der Waals surface area contributed by atoms with Crippen molar-refractivity contribution in [3.8, 4) is 0 Å². The summed E-state index contributed by atoms with van der Waals surface area (Å²) in [4.78, 5) is 6.87. The Morgan fingerprint density at radius 3 is 2.53 bits per heavy atom.